The highest BCUT2D eigenvalue weighted by Crippen LogP contribution is 2.30. The lowest BCUT2D eigenvalue weighted by Crippen LogP contribution is -2.53. The van der Waals surface area contributed by atoms with Gasteiger partial charge in [0.1, 0.15) is 5.82 Å². The van der Waals surface area contributed by atoms with E-state index in [2.05, 4.69) is 10.2 Å². The minimum atomic E-state index is -0.249. The maximum Gasteiger partial charge on any atom is 0.148 e. The van der Waals surface area contributed by atoms with Crippen LogP contribution in [0.25, 0.3) is 0 Å². The van der Waals surface area contributed by atoms with Gasteiger partial charge >= 0.3 is 0 Å². The molecule has 3 fully saturated rings. The maximum atomic E-state index is 13.7. The predicted molar refractivity (Wildman–Crippen MR) is 67.4 cm³/mol. The van der Waals surface area contributed by atoms with E-state index in [1.54, 1.807) is 12.1 Å². The van der Waals surface area contributed by atoms with Gasteiger partial charge in [-0.25, -0.2) is 4.39 Å². The van der Waals surface area contributed by atoms with Gasteiger partial charge in [-0.3, -0.25) is 0 Å². The molecule has 3 saturated heterocycles. The topological polar surface area (TPSA) is 41.3 Å². The number of fused-ring (bicyclic) bond motifs is 3. The Bertz CT molecular complexity index is 413. The van der Waals surface area contributed by atoms with Crippen LogP contribution in [-0.2, 0) is 0 Å². The van der Waals surface area contributed by atoms with E-state index in [4.69, 9.17) is 5.73 Å². The molecule has 0 spiro atoms. The first-order chi connectivity index (χ1) is 8.22. The average molecular weight is 235 g/mol. The van der Waals surface area contributed by atoms with E-state index in [1.807, 2.05) is 0 Å². The van der Waals surface area contributed by atoms with Crippen molar-refractivity contribution in [1.82, 2.24) is 4.90 Å². The number of hydrogen-bond donors (Lipinski definition) is 2. The summed E-state index contributed by atoms with van der Waals surface area (Å²) in [5, 5.41) is 3.34. The molecule has 1 atom stereocenters. The second kappa shape index (κ2) is 4.18. The van der Waals surface area contributed by atoms with Crippen molar-refractivity contribution in [2.45, 2.75) is 18.9 Å². The third-order valence-electron chi connectivity index (χ3n) is 3.99. The normalized spacial score (nSPS) is 31.5. The molecule has 0 amide bonds. The van der Waals surface area contributed by atoms with Crippen LogP contribution in [0.15, 0.2) is 18.2 Å². The van der Waals surface area contributed by atoms with Crippen LogP contribution in [0.1, 0.15) is 12.8 Å². The molecule has 17 heavy (non-hydrogen) atoms. The average Bonchev–Trinajstić information content (AvgIpc) is 2.34. The minimum absolute atomic E-state index is 0.249. The lowest BCUT2D eigenvalue weighted by atomic mass is 9.84. The van der Waals surface area contributed by atoms with Crippen molar-refractivity contribution in [3.05, 3.63) is 24.0 Å². The molecule has 3 aliphatic heterocycles. The molecule has 3 heterocycles. The summed E-state index contributed by atoms with van der Waals surface area (Å²) in [6, 6.07) is 5.24. The van der Waals surface area contributed by atoms with E-state index >= 15 is 0 Å². The predicted octanol–water partition coefficient (Wildman–Crippen LogP) is 1.91. The minimum Gasteiger partial charge on any atom is -0.399 e. The summed E-state index contributed by atoms with van der Waals surface area (Å²) in [7, 11) is 0. The first-order valence-corrected chi connectivity index (χ1v) is 6.26. The summed E-state index contributed by atoms with van der Waals surface area (Å²) in [5.41, 5.74) is 6.60. The highest BCUT2D eigenvalue weighted by atomic mass is 19.1. The van der Waals surface area contributed by atoms with Crippen LogP contribution >= 0.6 is 0 Å². The molecule has 4 rings (SSSR count). The SMILES string of the molecule is Nc1ccc(NC2CN3CCC2CC3)c(F)c1. The van der Waals surface area contributed by atoms with Gasteiger partial charge in [-0.15, -0.1) is 0 Å². The Morgan fingerprint density at radius 1 is 1.29 bits per heavy atom. The zero-order chi connectivity index (χ0) is 11.8. The van der Waals surface area contributed by atoms with Crippen LogP contribution < -0.4 is 11.1 Å². The molecule has 0 saturated carbocycles. The van der Waals surface area contributed by atoms with E-state index in [1.165, 1.54) is 32.0 Å². The summed E-state index contributed by atoms with van der Waals surface area (Å²) in [4.78, 5) is 2.45. The summed E-state index contributed by atoms with van der Waals surface area (Å²) in [5.74, 6) is 0.443. The largest absolute Gasteiger partial charge is 0.399 e. The second-order valence-electron chi connectivity index (χ2n) is 5.13. The number of halogens is 1. The Balaban J connectivity index is 1.74. The van der Waals surface area contributed by atoms with Crippen molar-refractivity contribution in [3.63, 3.8) is 0 Å². The zero-order valence-electron chi connectivity index (χ0n) is 9.82. The molecular formula is C13H18FN3. The molecule has 2 bridgehead atoms. The Kier molecular flexibility index (Phi) is 2.67. The molecule has 1 aromatic carbocycles. The number of benzene rings is 1. The van der Waals surface area contributed by atoms with E-state index in [-0.39, 0.29) is 5.82 Å². The van der Waals surface area contributed by atoms with Gasteiger partial charge in [-0.1, -0.05) is 0 Å². The number of piperidine rings is 3. The van der Waals surface area contributed by atoms with Crippen LogP contribution in [0.4, 0.5) is 15.8 Å². The molecule has 92 valence electrons. The number of nitrogens with one attached hydrogen (secondary N) is 1. The molecule has 0 aliphatic carbocycles. The van der Waals surface area contributed by atoms with Gasteiger partial charge in [-0.2, -0.15) is 0 Å². The molecule has 0 radical (unpaired) electrons. The van der Waals surface area contributed by atoms with Gasteiger partial charge in [0.15, 0.2) is 0 Å². The fraction of sp³-hybridized carbons (Fsp3) is 0.538. The van der Waals surface area contributed by atoms with E-state index < -0.39 is 0 Å². The second-order valence-corrected chi connectivity index (χ2v) is 5.13. The Morgan fingerprint density at radius 2 is 2.06 bits per heavy atom. The van der Waals surface area contributed by atoms with Gasteiger partial charge in [0, 0.05) is 18.3 Å². The Hall–Kier alpha value is -1.29. The number of nitrogens with two attached hydrogens (primary N) is 1. The van der Waals surface area contributed by atoms with Crippen LogP contribution in [0.3, 0.4) is 0 Å². The number of anilines is 2. The fourth-order valence-electron chi connectivity index (χ4n) is 2.98. The zero-order valence-corrected chi connectivity index (χ0v) is 9.82. The van der Waals surface area contributed by atoms with Crippen LogP contribution in [-0.4, -0.2) is 30.6 Å². The maximum absolute atomic E-state index is 13.7. The van der Waals surface area contributed by atoms with Crippen molar-refractivity contribution in [2.24, 2.45) is 5.92 Å². The van der Waals surface area contributed by atoms with Crippen LogP contribution in [0.5, 0.6) is 0 Å². The van der Waals surface area contributed by atoms with Crippen LogP contribution in [0, 0.1) is 11.7 Å². The summed E-state index contributed by atoms with van der Waals surface area (Å²) >= 11 is 0. The van der Waals surface area contributed by atoms with Crippen molar-refractivity contribution in [1.29, 1.82) is 0 Å². The Labute approximate surface area is 101 Å². The smallest absolute Gasteiger partial charge is 0.148 e. The van der Waals surface area contributed by atoms with Crippen molar-refractivity contribution >= 4 is 11.4 Å². The van der Waals surface area contributed by atoms with E-state index in [9.17, 15) is 4.39 Å². The molecular weight excluding hydrogens is 217 g/mol. The third kappa shape index (κ3) is 2.09. The van der Waals surface area contributed by atoms with Crippen molar-refractivity contribution in [3.8, 4) is 0 Å². The molecule has 3 N–H and O–H groups in total. The Morgan fingerprint density at radius 3 is 2.65 bits per heavy atom. The monoisotopic (exact) mass is 235 g/mol. The first kappa shape index (κ1) is 10.8. The van der Waals surface area contributed by atoms with Crippen LogP contribution in [0.2, 0.25) is 0 Å². The molecule has 0 aromatic heterocycles. The number of nitrogen functional groups attached to an aromatic ring is 1. The van der Waals surface area contributed by atoms with Gasteiger partial charge in [0.2, 0.25) is 0 Å². The van der Waals surface area contributed by atoms with Gasteiger partial charge in [0.25, 0.3) is 0 Å². The van der Waals surface area contributed by atoms with Gasteiger partial charge in [0.05, 0.1) is 5.69 Å². The fourth-order valence-corrected chi connectivity index (χ4v) is 2.98. The molecule has 1 aromatic rings. The lowest BCUT2D eigenvalue weighted by molar-refractivity contribution is 0.0974. The van der Waals surface area contributed by atoms with E-state index in [0.717, 1.165) is 6.54 Å². The third-order valence-corrected chi connectivity index (χ3v) is 3.99. The van der Waals surface area contributed by atoms with Crippen molar-refractivity contribution in [2.75, 3.05) is 30.7 Å². The van der Waals surface area contributed by atoms with Crippen molar-refractivity contribution < 1.29 is 4.39 Å². The molecule has 4 heteroatoms. The lowest BCUT2D eigenvalue weighted by Gasteiger charge is -2.45. The number of rotatable bonds is 2. The molecule has 3 nitrogen and oxygen atoms in total. The standard InChI is InChI=1S/C13H18FN3/c14-11-7-10(15)1-2-12(11)16-13-8-17-5-3-9(13)4-6-17/h1-2,7,9,13,16H,3-6,8,15H2. The van der Waals surface area contributed by atoms with Gasteiger partial charge < -0.3 is 16.0 Å². The summed E-state index contributed by atoms with van der Waals surface area (Å²) in [6.45, 7) is 3.44. The number of hydrogen-bond acceptors (Lipinski definition) is 3. The van der Waals surface area contributed by atoms with E-state index in [0.29, 0.717) is 23.3 Å². The highest BCUT2D eigenvalue weighted by Gasteiger charge is 2.34. The summed E-state index contributed by atoms with van der Waals surface area (Å²) < 4.78 is 13.7. The molecule has 3 aliphatic rings. The highest BCUT2D eigenvalue weighted by molar-refractivity contribution is 5.53. The quantitative estimate of drug-likeness (QED) is 0.769. The number of nitrogens with zero attached hydrogens (tertiary/aromatic N) is 1. The first-order valence-electron chi connectivity index (χ1n) is 6.26. The van der Waals surface area contributed by atoms with Gasteiger partial charge in [-0.05, 0) is 50.0 Å². The molecule has 1 unspecified atom stereocenters. The summed E-state index contributed by atoms with van der Waals surface area (Å²) in [6.07, 6.45) is 2.46.